The van der Waals surface area contributed by atoms with Gasteiger partial charge in [0, 0.05) is 10.7 Å². The third-order valence-electron chi connectivity index (χ3n) is 3.21. The SMILES string of the molecule is CCCOc1ccc(/C=N\NC(=O)Nc2ccc(Cl)cc2)cc1OCC. The van der Waals surface area contributed by atoms with Crippen LogP contribution in [0.3, 0.4) is 0 Å². The van der Waals surface area contributed by atoms with Crippen LogP contribution in [0.25, 0.3) is 0 Å². The molecule has 0 fully saturated rings. The number of carbonyl (C=O) groups excluding carboxylic acids is 1. The molecule has 0 bridgehead atoms. The molecule has 2 aromatic rings. The molecule has 26 heavy (non-hydrogen) atoms. The van der Waals surface area contributed by atoms with Crippen LogP contribution in [0, 0.1) is 0 Å². The highest BCUT2D eigenvalue weighted by atomic mass is 35.5. The number of hydrogen-bond donors (Lipinski definition) is 2. The van der Waals surface area contributed by atoms with Crippen molar-refractivity contribution in [2.75, 3.05) is 18.5 Å². The first-order valence-electron chi connectivity index (χ1n) is 8.37. The van der Waals surface area contributed by atoms with Gasteiger partial charge in [-0.05, 0) is 61.4 Å². The number of hydrogen-bond acceptors (Lipinski definition) is 4. The Balaban J connectivity index is 1.94. The van der Waals surface area contributed by atoms with Gasteiger partial charge in [-0.15, -0.1) is 0 Å². The number of rotatable bonds is 8. The maximum Gasteiger partial charge on any atom is 0.339 e. The number of anilines is 1. The zero-order chi connectivity index (χ0) is 18.8. The summed E-state index contributed by atoms with van der Waals surface area (Å²) in [6, 6.07) is 11.8. The van der Waals surface area contributed by atoms with E-state index in [0.29, 0.717) is 35.4 Å². The third-order valence-corrected chi connectivity index (χ3v) is 3.46. The van der Waals surface area contributed by atoms with Gasteiger partial charge >= 0.3 is 6.03 Å². The Morgan fingerprint density at radius 2 is 1.88 bits per heavy atom. The standard InChI is InChI=1S/C19H22ClN3O3/c1-3-11-26-17-10-5-14(12-18(17)25-4-2)13-21-23-19(24)22-16-8-6-15(20)7-9-16/h5-10,12-13H,3-4,11H2,1-2H3,(H2,22,23,24)/b21-13-. The molecule has 0 aromatic heterocycles. The summed E-state index contributed by atoms with van der Waals surface area (Å²) >= 11 is 5.80. The summed E-state index contributed by atoms with van der Waals surface area (Å²) in [6.45, 7) is 5.11. The molecule has 0 unspecified atom stereocenters. The van der Waals surface area contributed by atoms with Crippen LogP contribution in [0.1, 0.15) is 25.8 Å². The van der Waals surface area contributed by atoms with Crippen molar-refractivity contribution in [3.63, 3.8) is 0 Å². The van der Waals surface area contributed by atoms with E-state index in [-0.39, 0.29) is 0 Å². The van der Waals surface area contributed by atoms with Gasteiger partial charge in [0.15, 0.2) is 11.5 Å². The van der Waals surface area contributed by atoms with Gasteiger partial charge < -0.3 is 14.8 Å². The summed E-state index contributed by atoms with van der Waals surface area (Å²) in [4.78, 5) is 11.8. The van der Waals surface area contributed by atoms with E-state index in [1.54, 1.807) is 24.3 Å². The molecular weight excluding hydrogens is 354 g/mol. The molecule has 2 rings (SSSR count). The van der Waals surface area contributed by atoms with Crippen molar-refractivity contribution >= 4 is 29.5 Å². The van der Waals surface area contributed by atoms with E-state index in [1.807, 2.05) is 32.0 Å². The maximum atomic E-state index is 11.8. The highest BCUT2D eigenvalue weighted by Crippen LogP contribution is 2.28. The largest absolute Gasteiger partial charge is 0.490 e. The van der Waals surface area contributed by atoms with Crippen LogP contribution >= 0.6 is 11.6 Å². The van der Waals surface area contributed by atoms with Crippen molar-refractivity contribution in [3.8, 4) is 11.5 Å². The second-order valence-electron chi connectivity index (χ2n) is 5.32. The molecule has 0 aliphatic carbocycles. The van der Waals surface area contributed by atoms with Crippen LogP contribution in [0.4, 0.5) is 10.5 Å². The molecule has 138 valence electrons. The minimum atomic E-state index is -0.448. The Kier molecular flexibility index (Phi) is 7.76. The van der Waals surface area contributed by atoms with Crippen molar-refractivity contribution < 1.29 is 14.3 Å². The number of urea groups is 1. The Morgan fingerprint density at radius 3 is 2.58 bits per heavy atom. The van der Waals surface area contributed by atoms with E-state index in [4.69, 9.17) is 21.1 Å². The molecule has 0 saturated heterocycles. The van der Waals surface area contributed by atoms with Gasteiger partial charge in [0.05, 0.1) is 19.4 Å². The van der Waals surface area contributed by atoms with E-state index < -0.39 is 6.03 Å². The molecule has 6 nitrogen and oxygen atoms in total. The molecule has 0 aliphatic heterocycles. The molecule has 2 N–H and O–H groups in total. The zero-order valence-electron chi connectivity index (χ0n) is 14.8. The van der Waals surface area contributed by atoms with Crippen LogP contribution in [-0.4, -0.2) is 25.5 Å². The number of hydrazone groups is 1. The number of amides is 2. The summed E-state index contributed by atoms with van der Waals surface area (Å²) in [7, 11) is 0. The number of nitrogens with zero attached hydrogens (tertiary/aromatic N) is 1. The van der Waals surface area contributed by atoms with Crippen LogP contribution in [0.2, 0.25) is 5.02 Å². The summed E-state index contributed by atoms with van der Waals surface area (Å²) in [5, 5.41) is 7.19. The lowest BCUT2D eigenvalue weighted by atomic mass is 10.2. The van der Waals surface area contributed by atoms with Crippen LogP contribution in [0.15, 0.2) is 47.6 Å². The molecule has 2 amide bonds. The van der Waals surface area contributed by atoms with Crippen LogP contribution in [-0.2, 0) is 0 Å². The van der Waals surface area contributed by atoms with Gasteiger partial charge in [-0.3, -0.25) is 0 Å². The Hall–Kier alpha value is -2.73. The quantitative estimate of drug-likeness (QED) is 0.519. The summed E-state index contributed by atoms with van der Waals surface area (Å²) in [6.07, 6.45) is 2.45. The average molecular weight is 376 g/mol. The lowest BCUT2D eigenvalue weighted by molar-refractivity contribution is 0.252. The molecule has 0 radical (unpaired) electrons. The predicted octanol–water partition coefficient (Wildman–Crippen LogP) is 4.68. The minimum absolute atomic E-state index is 0.448. The van der Waals surface area contributed by atoms with E-state index in [9.17, 15) is 4.79 Å². The summed E-state index contributed by atoms with van der Waals surface area (Å²) in [5.74, 6) is 1.34. The van der Waals surface area contributed by atoms with Gasteiger partial charge in [-0.25, -0.2) is 10.2 Å². The predicted molar refractivity (Wildman–Crippen MR) is 105 cm³/mol. The van der Waals surface area contributed by atoms with Gasteiger partial charge in [0.1, 0.15) is 0 Å². The third kappa shape index (κ3) is 6.29. The van der Waals surface area contributed by atoms with Crippen LogP contribution < -0.4 is 20.2 Å². The molecule has 0 heterocycles. The number of ether oxygens (including phenoxy) is 2. The van der Waals surface area contributed by atoms with Crippen molar-refractivity contribution in [3.05, 3.63) is 53.1 Å². The lowest BCUT2D eigenvalue weighted by Gasteiger charge is -2.11. The average Bonchev–Trinajstić information content (AvgIpc) is 2.63. The normalized spacial score (nSPS) is 10.6. The number of benzene rings is 2. The fraction of sp³-hybridized carbons (Fsp3) is 0.263. The minimum Gasteiger partial charge on any atom is -0.490 e. The fourth-order valence-electron chi connectivity index (χ4n) is 2.06. The monoisotopic (exact) mass is 375 g/mol. The number of carbonyl (C=O) groups is 1. The fourth-order valence-corrected chi connectivity index (χ4v) is 2.19. The molecular formula is C19H22ClN3O3. The first-order chi connectivity index (χ1) is 12.6. The Labute approximate surface area is 158 Å². The topological polar surface area (TPSA) is 72.0 Å². The van der Waals surface area contributed by atoms with E-state index in [2.05, 4.69) is 15.8 Å². The highest BCUT2D eigenvalue weighted by Gasteiger charge is 2.06. The molecule has 7 heteroatoms. The second kappa shape index (κ2) is 10.3. The summed E-state index contributed by atoms with van der Waals surface area (Å²) < 4.78 is 11.2. The molecule has 0 atom stereocenters. The van der Waals surface area contributed by atoms with Crippen molar-refractivity contribution in [2.24, 2.45) is 5.10 Å². The van der Waals surface area contributed by atoms with Gasteiger partial charge in [-0.2, -0.15) is 5.10 Å². The molecule has 0 spiro atoms. The second-order valence-corrected chi connectivity index (χ2v) is 5.76. The van der Waals surface area contributed by atoms with Gasteiger partial charge in [0.2, 0.25) is 0 Å². The Bertz CT molecular complexity index is 748. The molecule has 0 saturated carbocycles. The van der Waals surface area contributed by atoms with Crippen molar-refractivity contribution in [1.82, 2.24) is 5.43 Å². The number of nitrogens with one attached hydrogen (secondary N) is 2. The first kappa shape index (κ1) is 19.6. The smallest absolute Gasteiger partial charge is 0.339 e. The van der Waals surface area contributed by atoms with E-state index in [0.717, 1.165) is 12.0 Å². The number of halogens is 1. The van der Waals surface area contributed by atoms with E-state index in [1.165, 1.54) is 6.21 Å². The molecule has 2 aromatic carbocycles. The van der Waals surface area contributed by atoms with Gasteiger partial charge in [-0.1, -0.05) is 18.5 Å². The highest BCUT2D eigenvalue weighted by molar-refractivity contribution is 6.30. The van der Waals surface area contributed by atoms with Crippen molar-refractivity contribution in [2.45, 2.75) is 20.3 Å². The van der Waals surface area contributed by atoms with E-state index >= 15 is 0 Å². The Morgan fingerprint density at radius 1 is 1.12 bits per heavy atom. The maximum absolute atomic E-state index is 11.8. The van der Waals surface area contributed by atoms with Gasteiger partial charge in [0.25, 0.3) is 0 Å². The van der Waals surface area contributed by atoms with Crippen molar-refractivity contribution in [1.29, 1.82) is 0 Å². The lowest BCUT2D eigenvalue weighted by Crippen LogP contribution is -2.24. The summed E-state index contributed by atoms with van der Waals surface area (Å²) in [5.41, 5.74) is 3.81. The van der Waals surface area contributed by atoms with Crippen LogP contribution in [0.5, 0.6) is 11.5 Å². The zero-order valence-corrected chi connectivity index (χ0v) is 15.5. The molecule has 0 aliphatic rings. The first-order valence-corrected chi connectivity index (χ1v) is 8.75.